The standard InChI is InChI=1S/C30H42NO3/c32-30(26-11-4-1-5-12-26,27-13-6-2-7-14-27)24-34-29-23-31(20-17-25(29)18-21-31)19-10-22-33-28-15-8-3-9-16-28/h1,3-5,8-9,11-12,15-16,25,27,29,32H,2,6-7,10,13-14,17-24H2/q+1/t25?,29-,30+,31?/m0/s1. The van der Waals surface area contributed by atoms with E-state index in [1.54, 1.807) is 0 Å². The van der Waals surface area contributed by atoms with Gasteiger partial charge in [0.25, 0.3) is 0 Å². The molecule has 4 aliphatic rings. The van der Waals surface area contributed by atoms with E-state index in [1.807, 2.05) is 36.4 Å². The van der Waals surface area contributed by atoms with E-state index in [0.717, 1.165) is 54.8 Å². The molecule has 34 heavy (non-hydrogen) atoms. The van der Waals surface area contributed by atoms with Crippen LogP contribution in [-0.2, 0) is 10.3 Å². The first-order valence-corrected chi connectivity index (χ1v) is 13.6. The molecule has 2 aromatic rings. The summed E-state index contributed by atoms with van der Waals surface area (Å²) in [4.78, 5) is 0. The van der Waals surface area contributed by atoms with Gasteiger partial charge in [-0.1, -0.05) is 67.8 Å². The van der Waals surface area contributed by atoms with Crippen LogP contribution >= 0.6 is 0 Å². The van der Waals surface area contributed by atoms with Gasteiger partial charge in [-0.3, -0.25) is 0 Å². The third-order valence-electron chi connectivity index (χ3n) is 8.90. The lowest BCUT2D eigenvalue weighted by Gasteiger charge is -2.53. The summed E-state index contributed by atoms with van der Waals surface area (Å²) in [5, 5.41) is 12.0. The van der Waals surface area contributed by atoms with Gasteiger partial charge in [-0.25, -0.2) is 0 Å². The molecular weight excluding hydrogens is 422 g/mol. The average molecular weight is 465 g/mol. The van der Waals surface area contributed by atoms with Crippen LogP contribution in [0.3, 0.4) is 0 Å². The van der Waals surface area contributed by atoms with Crippen LogP contribution in [0.4, 0.5) is 0 Å². The molecule has 2 atom stereocenters. The van der Waals surface area contributed by atoms with Crippen LogP contribution in [0.1, 0.15) is 56.9 Å². The summed E-state index contributed by atoms with van der Waals surface area (Å²) in [5.74, 6) is 1.90. The molecule has 184 valence electrons. The van der Waals surface area contributed by atoms with Crippen molar-refractivity contribution in [1.29, 1.82) is 0 Å². The monoisotopic (exact) mass is 464 g/mol. The fourth-order valence-corrected chi connectivity index (χ4v) is 6.81. The van der Waals surface area contributed by atoms with Gasteiger partial charge < -0.3 is 19.1 Å². The van der Waals surface area contributed by atoms with Gasteiger partial charge in [-0.15, -0.1) is 0 Å². The lowest BCUT2D eigenvalue weighted by atomic mass is 9.73. The van der Waals surface area contributed by atoms with Gasteiger partial charge in [0.2, 0.25) is 0 Å². The van der Waals surface area contributed by atoms with Gasteiger partial charge >= 0.3 is 0 Å². The highest BCUT2D eigenvalue weighted by Crippen LogP contribution is 2.42. The zero-order valence-corrected chi connectivity index (χ0v) is 20.6. The van der Waals surface area contributed by atoms with Gasteiger partial charge in [-0.05, 0) is 36.5 Å². The molecule has 3 heterocycles. The second-order valence-corrected chi connectivity index (χ2v) is 11.0. The maximum absolute atomic E-state index is 12.0. The van der Waals surface area contributed by atoms with Crippen molar-refractivity contribution in [1.82, 2.24) is 0 Å². The predicted octanol–water partition coefficient (Wildman–Crippen LogP) is 5.55. The van der Waals surface area contributed by atoms with Gasteiger partial charge in [0, 0.05) is 25.2 Å². The van der Waals surface area contributed by atoms with Crippen LogP contribution in [0, 0.1) is 11.8 Å². The maximum Gasteiger partial charge on any atom is 0.119 e. The molecule has 0 spiro atoms. The topological polar surface area (TPSA) is 38.7 Å². The fraction of sp³-hybridized carbons (Fsp3) is 0.600. The molecule has 0 unspecified atom stereocenters. The summed E-state index contributed by atoms with van der Waals surface area (Å²) in [6.45, 7) is 5.98. The Morgan fingerprint density at radius 1 is 0.853 bits per heavy atom. The highest BCUT2D eigenvalue weighted by Gasteiger charge is 2.48. The zero-order chi connectivity index (χ0) is 23.3. The number of hydrogen-bond acceptors (Lipinski definition) is 3. The van der Waals surface area contributed by atoms with Crippen molar-refractivity contribution in [2.45, 2.75) is 63.1 Å². The van der Waals surface area contributed by atoms with Crippen molar-refractivity contribution < 1.29 is 19.1 Å². The third-order valence-corrected chi connectivity index (χ3v) is 8.90. The molecule has 3 aliphatic heterocycles. The Kier molecular flexibility index (Phi) is 7.58. The summed E-state index contributed by atoms with van der Waals surface area (Å²) >= 11 is 0. The van der Waals surface area contributed by atoms with Crippen LogP contribution in [0.5, 0.6) is 5.75 Å². The second-order valence-electron chi connectivity index (χ2n) is 11.0. The van der Waals surface area contributed by atoms with E-state index in [-0.39, 0.29) is 6.10 Å². The van der Waals surface area contributed by atoms with Crippen molar-refractivity contribution in [2.75, 3.05) is 39.4 Å². The Morgan fingerprint density at radius 2 is 1.53 bits per heavy atom. The van der Waals surface area contributed by atoms with Crippen molar-refractivity contribution in [3.05, 3.63) is 66.2 Å². The molecule has 0 radical (unpaired) electrons. The minimum Gasteiger partial charge on any atom is -0.493 e. The average Bonchev–Trinajstić information content (AvgIpc) is 2.92. The SMILES string of the molecule is O[C@](CO[C@H]1C[N+]2(CCCOc3ccccc3)CCC1CC2)(c1ccccc1)C1CCCCC1. The predicted molar refractivity (Wildman–Crippen MR) is 136 cm³/mol. The fourth-order valence-electron chi connectivity index (χ4n) is 6.81. The number of hydrogen-bond donors (Lipinski definition) is 1. The van der Waals surface area contributed by atoms with Crippen molar-refractivity contribution in [3.63, 3.8) is 0 Å². The number of fused-ring (bicyclic) bond motifs is 3. The first-order valence-electron chi connectivity index (χ1n) is 13.6. The Hall–Kier alpha value is -1.88. The first kappa shape index (κ1) is 23.8. The molecule has 1 aliphatic carbocycles. The zero-order valence-electron chi connectivity index (χ0n) is 20.6. The van der Waals surface area contributed by atoms with Crippen LogP contribution < -0.4 is 4.74 Å². The molecule has 1 saturated carbocycles. The van der Waals surface area contributed by atoms with Crippen molar-refractivity contribution >= 4 is 0 Å². The Bertz CT molecular complexity index is 874. The summed E-state index contributed by atoms with van der Waals surface area (Å²) in [6, 6.07) is 20.5. The summed E-state index contributed by atoms with van der Waals surface area (Å²) in [5.41, 5.74) is 0.160. The number of ether oxygens (including phenoxy) is 2. The smallest absolute Gasteiger partial charge is 0.119 e. The highest BCUT2D eigenvalue weighted by molar-refractivity contribution is 5.24. The number of nitrogens with zero attached hydrogens (tertiary/aromatic N) is 1. The van der Waals surface area contributed by atoms with Gasteiger partial charge in [0.05, 0.1) is 32.8 Å². The van der Waals surface area contributed by atoms with Crippen LogP contribution in [0.2, 0.25) is 0 Å². The summed E-state index contributed by atoms with van der Waals surface area (Å²) < 4.78 is 13.8. The van der Waals surface area contributed by atoms with Gasteiger partial charge in [0.15, 0.2) is 0 Å². The summed E-state index contributed by atoms with van der Waals surface area (Å²) in [6.07, 6.45) is 9.76. The van der Waals surface area contributed by atoms with Crippen molar-refractivity contribution in [3.8, 4) is 5.75 Å². The molecule has 1 N–H and O–H groups in total. The molecular formula is C30H42NO3+. The van der Waals surface area contributed by atoms with Gasteiger partial charge in [0.1, 0.15) is 24.0 Å². The van der Waals surface area contributed by atoms with Gasteiger partial charge in [-0.2, -0.15) is 0 Å². The minimum absolute atomic E-state index is 0.261. The number of benzene rings is 2. The van der Waals surface area contributed by atoms with E-state index < -0.39 is 5.60 Å². The summed E-state index contributed by atoms with van der Waals surface area (Å²) in [7, 11) is 0. The van der Waals surface area contributed by atoms with E-state index >= 15 is 0 Å². The largest absolute Gasteiger partial charge is 0.493 e. The molecule has 4 fully saturated rings. The van der Waals surface area contributed by atoms with E-state index in [1.165, 1.54) is 45.2 Å². The van der Waals surface area contributed by atoms with Crippen LogP contribution in [-0.4, -0.2) is 55.1 Å². The van der Waals surface area contributed by atoms with E-state index in [0.29, 0.717) is 18.4 Å². The van der Waals surface area contributed by atoms with Crippen LogP contribution in [0.15, 0.2) is 60.7 Å². The van der Waals surface area contributed by atoms with Crippen molar-refractivity contribution in [2.24, 2.45) is 11.8 Å². The normalized spacial score (nSPS) is 29.0. The number of quaternary nitrogens is 1. The number of aliphatic hydroxyl groups is 1. The lowest BCUT2D eigenvalue weighted by Crippen LogP contribution is -2.65. The number of piperidine rings is 3. The molecule has 2 bridgehead atoms. The molecule has 4 heteroatoms. The Balaban J connectivity index is 1.19. The molecule has 0 amide bonds. The second kappa shape index (κ2) is 10.8. The Labute approximate surface area is 205 Å². The highest BCUT2D eigenvalue weighted by atomic mass is 16.5. The molecule has 6 rings (SSSR count). The third kappa shape index (κ3) is 5.35. The Morgan fingerprint density at radius 3 is 2.24 bits per heavy atom. The quantitative estimate of drug-likeness (QED) is 0.370. The van der Waals surface area contributed by atoms with E-state index in [9.17, 15) is 5.11 Å². The number of rotatable bonds is 10. The minimum atomic E-state index is -0.873. The first-order chi connectivity index (χ1) is 16.7. The van der Waals surface area contributed by atoms with E-state index in [4.69, 9.17) is 9.47 Å². The molecule has 4 nitrogen and oxygen atoms in total. The number of para-hydroxylation sites is 1. The maximum atomic E-state index is 12.0. The lowest BCUT2D eigenvalue weighted by molar-refractivity contribution is -0.946. The molecule has 3 saturated heterocycles. The van der Waals surface area contributed by atoms with Crippen LogP contribution in [0.25, 0.3) is 0 Å². The molecule has 2 aromatic carbocycles. The molecule has 0 aromatic heterocycles. The van der Waals surface area contributed by atoms with E-state index in [2.05, 4.69) is 24.3 Å².